The lowest BCUT2D eigenvalue weighted by Gasteiger charge is -2.09. The summed E-state index contributed by atoms with van der Waals surface area (Å²) < 4.78 is 37.7. The molecule has 0 atom stereocenters. The maximum absolute atomic E-state index is 12.0. The fraction of sp³-hybridized carbons (Fsp3) is 0.556. The second-order valence-electron chi connectivity index (χ2n) is 3.24. The largest absolute Gasteiger partial charge is 0.390 e. The molecule has 7 heteroatoms. The van der Waals surface area contributed by atoms with Gasteiger partial charge >= 0.3 is 11.9 Å². The van der Waals surface area contributed by atoms with Gasteiger partial charge in [0.05, 0.1) is 6.42 Å². The maximum Gasteiger partial charge on any atom is 0.390 e. The molecule has 0 bridgehead atoms. The summed E-state index contributed by atoms with van der Waals surface area (Å²) in [6, 6.07) is 1.08. The Labute approximate surface area is 88.9 Å². The van der Waals surface area contributed by atoms with E-state index in [9.17, 15) is 22.8 Å². The molecule has 0 fully saturated rings. The summed E-state index contributed by atoms with van der Waals surface area (Å²) in [7, 11) is 0. The third kappa shape index (κ3) is 2.98. The summed E-state index contributed by atoms with van der Waals surface area (Å²) in [4.78, 5) is 22.7. The maximum atomic E-state index is 12.0. The summed E-state index contributed by atoms with van der Waals surface area (Å²) in [6.45, 7) is 1.34. The van der Waals surface area contributed by atoms with Crippen LogP contribution in [-0.4, -0.2) is 15.3 Å². The van der Waals surface area contributed by atoms with Crippen molar-refractivity contribution in [2.75, 3.05) is 0 Å². The third-order valence-electron chi connectivity index (χ3n) is 2.10. The van der Waals surface area contributed by atoms with E-state index in [4.69, 9.17) is 0 Å². The monoisotopic (exact) mass is 236 g/mol. The summed E-state index contributed by atoms with van der Waals surface area (Å²) in [5.74, 6) is 0. The molecule has 0 aliphatic rings. The Bertz CT molecular complexity index is 473. The van der Waals surface area contributed by atoms with E-state index in [0.29, 0.717) is 11.1 Å². The zero-order chi connectivity index (χ0) is 12.3. The van der Waals surface area contributed by atoms with Crippen molar-refractivity contribution in [3.63, 3.8) is 0 Å². The van der Waals surface area contributed by atoms with Crippen molar-refractivity contribution < 1.29 is 13.2 Å². The Balaban J connectivity index is 3.04. The second-order valence-corrected chi connectivity index (χ2v) is 3.24. The standard InChI is InChI=1S/C9H11F3N2O2/c1-2-13-5-3-7(15)14(8(13)16)6-4-9(10,11)12/h3,5H,2,4,6H2,1H3. The molecule has 0 aliphatic heterocycles. The van der Waals surface area contributed by atoms with Crippen LogP contribution >= 0.6 is 0 Å². The Hall–Kier alpha value is -1.53. The van der Waals surface area contributed by atoms with Crippen molar-refractivity contribution in [2.24, 2.45) is 0 Å². The van der Waals surface area contributed by atoms with E-state index in [1.807, 2.05) is 0 Å². The molecule has 0 amide bonds. The quantitative estimate of drug-likeness (QED) is 0.785. The van der Waals surface area contributed by atoms with Crippen LogP contribution in [-0.2, 0) is 13.1 Å². The van der Waals surface area contributed by atoms with Crippen molar-refractivity contribution in [1.29, 1.82) is 0 Å². The fourth-order valence-corrected chi connectivity index (χ4v) is 1.24. The van der Waals surface area contributed by atoms with E-state index in [1.54, 1.807) is 6.92 Å². The summed E-state index contributed by atoms with van der Waals surface area (Å²) >= 11 is 0. The highest BCUT2D eigenvalue weighted by Crippen LogP contribution is 2.19. The highest BCUT2D eigenvalue weighted by molar-refractivity contribution is 4.86. The molecule has 90 valence electrons. The summed E-state index contributed by atoms with van der Waals surface area (Å²) in [6.07, 6.45) is -4.29. The first-order valence-electron chi connectivity index (χ1n) is 4.72. The van der Waals surface area contributed by atoms with Crippen LogP contribution in [0.15, 0.2) is 21.9 Å². The van der Waals surface area contributed by atoms with Crippen LogP contribution in [0.3, 0.4) is 0 Å². The van der Waals surface area contributed by atoms with Gasteiger partial charge in [0, 0.05) is 25.4 Å². The normalized spacial score (nSPS) is 11.8. The van der Waals surface area contributed by atoms with Crippen LogP contribution in [0.4, 0.5) is 13.2 Å². The molecule has 0 saturated carbocycles. The van der Waals surface area contributed by atoms with Gasteiger partial charge in [0.15, 0.2) is 0 Å². The molecule has 1 heterocycles. The van der Waals surface area contributed by atoms with Crippen LogP contribution < -0.4 is 11.2 Å². The van der Waals surface area contributed by atoms with E-state index in [1.165, 1.54) is 10.8 Å². The molecule has 0 radical (unpaired) electrons. The van der Waals surface area contributed by atoms with E-state index in [0.717, 1.165) is 6.07 Å². The fourth-order valence-electron chi connectivity index (χ4n) is 1.24. The minimum absolute atomic E-state index is 0.311. The number of nitrogens with zero attached hydrogens (tertiary/aromatic N) is 2. The number of alkyl halides is 3. The minimum Gasteiger partial charge on any atom is -0.301 e. The first kappa shape index (κ1) is 12.5. The molecule has 0 unspecified atom stereocenters. The number of hydrogen-bond acceptors (Lipinski definition) is 2. The van der Waals surface area contributed by atoms with Crippen LogP contribution in [0.5, 0.6) is 0 Å². The van der Waals surface area contributed by atoms with Crippen molar-refractivity contribution in [1.82, 2.24) is 9.13 Å². The molecule has 0 aromatic carbocycles. The highest BCUT2D eigenvalue weighted by Gasteiger charge is 2.27. The number of aryl methyl sites for hydroxylation is 1. The first-order valence-corrected chi connectivity index (χ1v) is 4.72. The van der Waals surface area contributed by atoms with Gasteiger partial charge in [-0.2, -0.15) is 13.2 Å². The third-order valence-corrected chi connectivity index (χ3v) is 2.10. The molecular formula is C9H11F3N2O2. The van der Waals surface area contributed by atoms with Crippen molar-refractivity contribution in [3.8, 4) is 0 Å². The Morgan fingerprint density at radius 1 is 1.31 bits per heavy atom. The molecule has 0 N–H and O–H groups in total. The molecule has 1 rings (SSSR count). The van der Waals surface area contributed by atoms with E-state index >= 15 is 0 Å². The molecule has 1 aromatic rings. The molecule has 1 aromatic heterocycles. The van der Waals surface area contributed by atoms with Gasteiger partial charge in [0.25, 0.3) is 5.56 Å². The zero-order valence-corrected chi connectivity index (χ0v) is 8.62. The van der Waals surface area contributed by atoms with Crippen LogP contribution in [0, 0.1) is 0 Å². The lowest BCUT2D eigenvalue weighted by molar-refractivity contribution is -0.137. The first-order chi connectivity index (χ1) is 7.35. The predicted molar refractivity (Wildman–Crippen MR) is 51.3 cm³/mol. The van der Waals surface area contributed by atoms with Gasteiger partial charge in [-0.15, -0.1) is 0 Å². The molecule has 16 heavy (non-hydrogen) atoms. The van der Waals surface area contributed by atoms with Gasteiger partial charge < -0.3 is 4.57 Å². The van der Waals surface area contributed by atoms with Crippen LogP contribution in [0.25, 0.3) is 0 Å². The topological polar surface area (TPSA) is 44.0 Å². The summed E-state index contributed by atoms with van der Waals surface area (Å²) in [5.41, 5.74) is -1.42. The SMILES string of the molecule is CCn1ccc(=O)n(CCC(F)(F)F)c1=O. The molecule has 0 aliphatic carbocycles. The lowest BCUT2D eigenvalue weighted by atomic mass is 10.4. The predicted octanol–water partition coefficient (Wildman–Crippen LogP) is 0.982. The van der Waals surface area contributed by atoms with Crippen molar-refractivity contribution >= 4 is 0 Å². The average Bonchev–Trinajstić information content (AvgIpc) is 2.16. The minimum atomic E-state index is -4.38. The number of rotatable bonds is 3. The second kappa shape index (κ2) is 4.54. The van der Waals surface area contributed by atoms with Gasteiger partial charge in [-0.05, 0) is 6.92 Å². The highest BCUT2D eigenvalue weighted by atomic mass is 19.4. The van der Waals surface area contributed by atoms with Crippen LogP contribution in [0.2, 0.25) is 0 Å². The van der Waals surface area contributed by atoms with Gasteiger partial charge in [-0.25, -0.2) is 4.79 Å². The van der Waals surface area contributed by atoms with Crippen molar-refractivity contribution in [2.45, 2.75) is 32.6 Å². The summed E-state index contributed by atoms with van der Waals surface area (Å²) in [5, 5.41) is 0. The van der Waals surface area contributed by atoms with Gasteiger partial charge in [-0.1, -0.05) is 0 Å². The zero-order valence-electron chi connectivity index (χ0n) is 8.62. The van der Waals surface area contributed by atoms with E-state index < -0.39 is 30.4 Å². The molecule has 4 nitrogen and oxygen atoms in total. The van der Waals surface area contributed by atoms with Gasteiger partial charge in [0.2, 0.25) is 0 Å². The molecule has 0 saturated heterocycles. The Morgan fingerprint density at radius 3 is 2.44 bits per heavy atom. The number of aromatic nitrogens is 2. The van der Waals surface area contributed by atoms with E-state index in [2.05, 4.69) is 0 Å². The van der Waals surface area contributed by atoms with Gasteiger partial charge in [-0.3, -0.25) is 9.36 Å². The average molecular weight is 236 g/mol. The van der Waals surface area contributed by atoms with Gasteiger partial charge in [0.1, 0.15) is 0 Å². The number of halogens is 3. The van der Waals surface area contributed by atoms with Crippen LogP contribution in [0.1, 0.15) is 13.3 Å². The molecular weight excluding hydrogens is 225 g/mol. The lowest BCUT2D eigenvalue weighted by Crippen LogP contribution is -2.39. The molecule has 0 spiro atoms. The number of hydrogen-bond donors (Lipinski definition) is 0. The van der Waals surface area contributed by atoms with Crippen molar-refractivity contribution in [3.05, 3.63) is 33.1 Å². The Kier molecular flexibility index (Phi) is 3.56. The Morgan fingerprint density at radius 2 is 1.94 bits per heavy atom. The smallest absolute Gasteiger partial charge is 0.301 e. The van der Waals surface area contributed by atoms with E-state index in [-0.39, 0.29) is 0 Å².